The molecule has 0 fully saturated rings. The number of thioether (sulfide) groups is 1. The smallest absolute Gasteiger partial charge is 0.262 e. The second-order valence-corrected chi connectivity index (χ2v) is 7.26. The molecule has 0 bridgehead atoms. The molecule has 134 valence electrons. The second-order valence-electron chi connectivity index (χ2n) is 5.95. The van der Waals surface area contributed by atoms with Crippen molar-refractivity contribution in [1.82, 2.24) is 14.9 Å². The van der Waals surface area contributed by atoms with Gasteiger partial charge in [-0.25, -0.2) is 4.98 Å². The van der Waals surface area contributed by atoms with Crippen LogP contribution in [0.5, 0.6) is 0 Å². The van der Waals surface area contributed by atoms with E-state index < -0.39 is 0 Å². The fraction of sp³-hybridized carbons (Fsp3) is 0.250. The monoisotopic (exact) mass is 367 g/mol. The van der Waals surface area contributed by atoms with Crippen molar-refractivity contribution in [2.75, 3.05) is 6.54 Å². The third kappa shape index (κ3) is 3.51. The summed E-state index contributed by atoms with van der Waals surface area (Å²) in [6, 6.07) is 11.7. The van der Waals surface area contributed by atoms with Crippen LogP contribution in [0.3, 0.4) is 0 Å². The van der Waals surface area contributed by atoms with Crippen LogP contribution in [0.15, 0.2) is 59.0 Å². The quantitative estimate of drug-likeness (QED) is 0.314. The van der Waals surface area contributed by atoms with Gasteiger partial charge in [-0.05, 0) is 36.8 Å². The van der Waals surface area contributed by atoms with Crippen LogP contribution >= 0.6 is 11.8 Å². The summed E-state index contributed by atoms with van der Waals surface area (Å²) in [7, 11) is 0. The van der Waals surface area contributed by atoms with Gasteiger partial charge in [0.1, 0.15) is 0 Å². The first-order valence-electron chi connectivity index (χ1n) is 8.53. The van der Waals surface area contributed by atoms with Crippen molar-refractivity contribution in [3.05, 3.63) is 59.4 Å². The minimum Gasteiger partial charge on any atom is -0.352 e. The fourth-order valence-electron chi connectivity index (χ4n) is 2.78. The maximum atomic E-state index is 12.9. The molecule has 3 aromatic rings. The summed E-state index contributed by atoms with van der Waals surface area (Å²) < 4.78 is 1.62. The lowest BCUT2D eigenvalue weighted by atomic mass is 10.1. The number of carbonyl (C=O) groups excluding carboxylic acids is 1. The van der Waals surface area contributed by atoms with Crippen LogP contribution in [0.2, 0.25) is 0 Å². The number of hydrogen-bond donors (Lipinski definition) is 1. The molecule has 0 saturated heterocycles. The summed E-state index contributed by atoms with van der Waals surface area (Å²) in [6.07, 6.45) is 1.64. The zero-order valence-electron chi connectivity index (χ0n) is 14.9. The highest BCUT2D eigenvalue weighted by molar-refractivity contribution is 8.00. The van der Waals surface area contributed by atoms with Gasteiger partial charge in [0, 0.05) is 13.1 Å². The summed E-state index contributed by atoms with van der Waals surface area (Å²) in [5.74, 6) is -0.106. The van der Waals surface area contributed by atoms with E-state index in [0.717, 1.165) is 10.8 Å². The van der Waals surface area contributed by atoms with E-state index in [-0.39, 0.29) is 16.7 Å². The maximum Gasteiger partial charge on any atom is 0.262 e. The Labute approximate surface area is 156 Å². The van der Waals surface area contributed by atoms with Gasteiger partial charge >= 0.3 is 0 Å². The molecule has 0 aliphatic carbocycles. The Hall–Kier alpha value is -2.60. The molecule has 0 spiro atoms. The van der Waals surface area contributed by atoms with Crippen molar-refractivity contribution >= 4 is 39.3 Å². The van der Waals surface area contributed by atoms with Crippen molar-refractivity contribution in [2.24, 2.45) is 0 Å². The Morgan fingerprint density at radius 1 is 1.35 bits per heavy atom. The molecular weight excluding hydrogens is 346 g/mol. The summed E-state index contributed by atoms with van der Waals surface area (Å²) in [5, 5.41) is 5.61. The molecule has 0 saturated carbocycles. The first kappa shape index (κ1) is 18.2. The third-order valence-corrected chi connectivity index (χ3v) is 5.26. The lowest BCUT2D eigenvalue weighted by molar-refractivity contribution is -0.120. The normalized spacial score (nSPS) is 12.2. The molecule has 1 aromatic heterocycles. The van der Waals surface area contributed by atoms with E-state index >= 15 is 0 Å². The number of hydrogen-bond acceptors (Lipinski definition) is 4. The van der Waals surface area contributed by atoms with Crippen molar-refractivity contribution in [1.29, 1.82) is 0 Å². The minimum absolute atomic E-state index is 0.0792. The first-order chi connectivity index (χ1) is 12.5. The van der Waals surface area contributed by atoms with E-state index in [9.17, 15) is 9.59 Å². The molecule has 0 aliphatic heterocycles. The third-order valence-electron chi connectivity index (χ3n) is 4.17. The molecule has 3 rings (SSSR count). The summed E-state index contributed by atoms with van der Waals surface area (Å²) in [4.78, 5) is 29.8. The lowest BCUT2D eigenvalue weighted by Crippen LogP contribution is -2.32. The van der Waals surface area contributed by atoms with Crippen molar-refractivity contribution < 1.29 is 4.79 Å². The van der Waals surface area contributed by atoms with Gasteiger partial charge in [0.05, 0.1) is 16.2 Å². The molecule has 5 nitrogen and oxygen atoms in total. The number of nitrogens with zero attached hydrogens (tertiary/aromatic N) is 2. The Bertz CT molecular complexity index is 1040. The maximum absolute atomic E-state index is 12.9. The zero-order chi connectivity index (χ0) is 18.7. The number of benzene rings is 2. The Morgan fingerprint density at radius 2 is 2.04 bits per heavy atom. The van der Waals surface area contributed by atoms with Crippen LogP contribution in [-0.2, 0) is 11.3 Å². The van der Waals surface area contributed by atoms with Gasteiger partial charge in [-0.2, -0.15) is 0 Å². The standard InChI is InChI=1S/C20H21N3O2S/c1-4-10-21-18(24)13(3)26-20-22-17-12-15-9-7-6-8-14(15)11-16(17)19(25)23(20)5-2/h4,6-9,11-13H,1,5,10H2,2-3H3,(H,21,24). The van der Waals surface area contributed by atoms with Crippen LogP contribution in [0.1, 0.15) is 13.8 Å². The van der Waals surface area contributed by atoms with Crippen LogP contribution < -0.4 is 10.9 Å². The number of nitrogens with one attached hydrogen (secondary N) is 1. The number of rotatable bonds is 6. The number of fused-ring (bicyclic) bond motifs is 2. The van der Waals surface area contributed by atoms with E-state index in [2.05, 4.69) is 16.9 Å². The van der Waals surface area contributed by atoms with Gasteiger partial charge in [0.15, 0.2) is 5.16 Å². The summed E-state index contributed by atoms with van der Waals surface area (Å²) in [5.41, 5.74) is 0.573. The lowest BCUT2D eigenvalue weighted by Gasteiger charge is -2.15. The van der Waals surface area contributed by atoms with Gasteiger partial charge in [0.25, 0.3) is 5.56 Å². The molecular formula is C20H21N3O2S. The van der Waals surface area contributed by atoms with Gasteiger partial charge in [-0.3, -0.25) is 14.2 Å². The Kier molecular flexibility index (Phi) is 5.42. The Morgan fingerprint density at radius 3 is 2.69 bits per heavy atom. The van der Waals surface area contributed by atoms with Crippen LogP contribution in [0.25, 0.3) is 21.7 Å². The molecule has 0 radical (unpaired) electrons. The number of aromatic nitrogens is 2. The fourth-order valence-corrected chi connectivity index (χ4v) is 3.78. The SMILES string of the molecule is C=CCNC(=O)C(C)Sc1nc2cc3ccccc3cc2c(=O)n1CC. The Balaban J connectivity index is 2.07. The largest absolute Gasteiger partial charge is 0.352 e. The van der Waals surface area contributed by atoms with E-state index in [1.165, 1.54) is 11.8 Å². The highest BCUT2D eigenvalue weighted by atomic mass is 32.2. The molecule has 26 heavy (non-hydrogen) atoms. The topological polar surface area (TPSA) is 64.0 Å². The van der Waals surface area contributed by atoms with E-state index in [4.69, 9.17) is 0 Å². The highest BCUT2D eigenvalue weighted by Crippen LogP contribution is 2.25. The van der Waals surface area contributed by atoms with Crippen molar-refractivity contribution in [2.45, 2.75) is 30.8 Å². The van der Waals surface area contributed by atoms with Crippen LogP contribution in [0.4, 0.5) is 0 Å². The molecule has 1 atom stereocenters. The zero-order valence-corrected chi connectivity index (χ0v) is 15.7. The van der Waals surface area contributed by atoms with E-state index in [1.54, 1.807) is 17.6 Å². The highest BCUT2D eigenvalue weighted by Gasteiger charge is 2.18. The summed E-state index contributed by atoms with van der Waals surface area (Å²) in [6.45, 7) is 8.22. The van der Waals surface area contributed by atoms with Gasteiger partial charge in [-0.1, -0.05) is 42.1 Å². The molecule has 1 amide bonds. The summed E-state index contributed by atoms with van der Waals surface area (Å²) >= 11 is 1.29. The average molecular weight is 367 g/mol. The number of carbonyl (C=O) groups is 1. The van der Waals surface area contributed by atoms with E-state index in [0.29, 0.717) is 29.1 Å². The number of amides is 1. The predicted molar refractivity (Wildman–Crippen MR) is 108 cm³/mol. The van der Waals surface area contributed by atoms with Gasteiger partial charge < -0.3 is 5.32 Å². The van der Waals surface area contributed by atoms with Crippen LogP contribution in [0, 0.1) is 0 Å². The molecule has 6 heteroatoms. The molecule has 0 aliphatic rings. The molecule has 2 aromatic carbocycles. The van der Waals surface area contributed by atoms with Gasteiger partial charge in [-0.15, -0.1) is 6.58 Å². The van der Waals surface area contributed by atoms with E-state index in [1.807, 2.05) is 43.3 Å². The van der Waals surface area contributed by atoms with Gasteiger partial charge in [0.2, 0.25) is 5.91 Å². The van der Waals surface area contributed by atoms with Crippen molar-refractivity contribution in [3.8, 4) is 0 Å². The molecule has 1 N–H and O–H groups in total. The van der Waals surface area contributed by atoms with Crippen molar-refractivity contribution in [3.63, 3.8) is 0 Å². The van der Waals surface area contributed by atoms with Crippen LogP contribution in [-0.4, -0.2) is 27.3 Å². The second kappa shape index (κ2) is 7.74. The molecule has 1 unspecified atom stereocenters. The predicted octanol–water partition coefficient (Wildman–Crippen LogP) is 3.35. The first-order valence-corrected chi connectivity index (χ1v) is 9.41. The average Bonchev–Trinajstić information content (AvgIpc) is 2.65. The molecule has 1 heterocycles. The minimum atomic E-state index is -0.363.